The van der Waals surface area contributed by atoms with Crippen LogP contribution in [-0.4, -0.2) is 0 Å². The number of hydrogen-bond donors (Lipinski definition) is 1. The summed E-state index contributed by atoms with van der Waals surface area (Å²) < 4.78 is 13.9. The summed E-state index contributed by atoms with van der Waals surface area (Å²) in [5.41, 5.74) is 2.25. The van der Waals surface area contributed by atoms with E-state index in [9.17, 15) is 4.39 Å². The highest BCUT2D eigenvalue weighted by Gasteiger charge is 2.18. The molecule has 1 aromatic heterocycles. The first-order chi connectivity index (χ1) is 10.0. The first-order valence-corrected chi connectivity index (χ1v) is 9.06. The first-order valence-electron chi connectivity index (χ1n) is 7.07. The molecule has 2 aromatic rings. The van der Waals surface area contributed by atoms with Crippen molar-refractivity contribution < 1.29 is 4.39 Å². The molecule has 1 N–H and O–H groups in total. The molecule has 1 aliphatic rings. The van der Waals surface area contributed by atoms with E-state index in [1.165, 1.54) is 53.1 Å². The molecule has 21 heavy (non-hydrogen) atoms. The van der Waals surface area contributed by atoms with Crippen molar-refractivity contribution in [3.05, 3.63) is 48.8 Å². The van der Waals surface area contributed by atoms with Crippen molar-refractivity contribution in [1.29, 1.82) is 0 Å². The van der Waals surface area contributed by atoms with Gasteiger partial charge in [-0.1, -0.05) is 11.6 Å². The topological polar surface area (TPSA) is 12.0 Å². The third kappa shape index (κ3) is 3.27. The fraction of sp³-hybridized carbons (Fsp3) is 0.375. The van der Waals surface area contributed by atoms with Crippen molar-refractivity contribution in [3.8, 4) is 0 Å². The van der Waals surface area contributed by atoms with Crippen LogP contribution in [0.25, 0.3) is 0 Å². The Morgan fingerprint density at radius 3 is 2.76 bits per heavy atom. The highest BCUT2D eigenvalue weighted by atomic mass is 79.9. The zero-order valence-electron chi connectivity index (χ0n) is 11.7. The van der Waals surface area contributed by atoms with Crippen molar-refractivity contribution in [3.63, 3.8) is 0 Å². The van der Waals surface area contributed by atoms with Crippen LogP contribution in [0.4, 0.5) is 10.1 Å². The first kappa shape index (κ1) is 15.3. The Labute approximate surface area is 141 Å². The van der Waals surface area contributed by atoms with E-state index in [-0.39, 0.29) is 11.9 Å². The van der Waals surface area contributed by atoms with Gasteiger partial charge in [-0.3, -0.25) is 0 Å². The zero-order chi connectivity index (χ0) is 15.0. The smallest absolute Gasteiger partial charge is 0.125 e. The van der Waals surface area contributed by atoms with Crippen LogP contribution in [0, 0.1) is 5.82 Å². The van der Waals surface area contributed by atoms with E-state index < -0.39 is 0 Å². The SMILES string of the molecule is CC(Nc1c(Cl)cc(F)cc1Br)c1cc2c(s1)CCCC2. The Kier molecular flexibility index (Phi) is 4.57. The molecular weight excluding hydrogens is 373 g/mol. The van der Waals surface area contributed by atoms with Crippen LogP contribution in [0.3, 0.4) is 0 Å². The molecule has 1 aliphatic carbocycles. The van der Waals surface area contributed by atoms with Gasteiger partial charge in [0, 0.05) is 14.2 Å². The van der Waals surface area contributed by atoms with Gasteiger partial charge >= 0.3 is 0 Å². The van der Waals surface area contributed by atoms with Gasteiger partial charge in [0.25, 0.3) is 0 Å². The number of fused-ring (bicyclic) bond motifs is 1. The van der Waals surface area contributed by atoms with Crippen molar-refractivity contribution >= 4 is 44.6 Å². The van der Waals surface area contributed by atoms with E-state index in [4.69, 9.17) is 11.6 Å². The third-order valence-corrected chi connectivity index (χ3v) is 6.15. The summed E-state index contributed by atoms with van der Waals surface area (Å²) in [6.07, 6.45) is 4.98. The van der Waals surface area contributed by atoms with E-state index in [1.807, 2.05) is 11.3 Å². The molecule has 1 nitrogen and oxygen atoms in total. The third-order valence-electron chi connectivity index (χ3n) is 3.81. The monoisotopic (exact) mass is 387 g/mol. The van der Waals surface area contributed by atoms with Gasteiger partial charge < -0.3 is 5.32 Å². The molecule has 0 fully saturated rings. The number of halogens is 3. The van der Waals surface area contributed by atoms with Crippen molar-refractivity contribution in [1.82, 2.24) is 0 Å². The summed E-state index contributed by atoms with van der Waals surface area (Å²) in [6.45, 7) is 2.11. The lowest BCUT2D eigenvalue weighted by Gasteiger charge is -2.16. The van der Waals surface area contributed by atoms with Crippen LogP contribution in [0.15, 0.2) is 22.7 Å². The average Bonchev–Trinajstić information content (AvgIpc) is 2.86. The van der Waals surface area contributed by atoms with Crippen LogP contribution >= 0.6 is 38.9 Å². The second kappa shape index (κ2) is 6.27. The lowest BCUT2D eigenvalue weighted by Crippen LogP contribution is -2.06. The minimum atomic E-state index is -0.336. The molecule has 0 saturated heterocycles. The largest absolute Gasteiger partial charge is 0.376 e. The molecule has 0 radical (unpaired) electrons. The van der Waals surface area contributed by atoms with E-state index >= 15 is 0 Å². The normalized spacial score (nSPS) is 15.6. The second-order valence-corrected chi connectivity index (χ2v) is 7.84. The molecule has 3 rings (SSSR count). The van der Waals surface area contributed by atoms with Gasteiger partial charge in [-0.05, 0) is 72.3 Å². The summed E-state index contributed by atoms with van der Waals surface area (Å²) in [7, 11) is 0. The van der Waals surface area contributed by atoms with Crippen LogP contribution in [0.1, 0.15) is 41.1 Å². The van der Waals surface area contributed by atoms with Crippen LogP contribution < -0.4 is 5.32 Å². The molecule has 0 amide bonds. The molecule has 1 aromatic carbocycles. The van der Waals surface area contributed by atoms with E-state index in [1.54, 1.807) is 0 Å². The lowest BCUT2D eigenvalue weighted by molar-refractivity contribution is 0.627. The fourth-order valence-corrected chi connectivity index (χ4v) is 4.88. The standard InChI is InChI=1S/C16H16BrClFNS/c1-9(15-6-10-4-2-3-5-14(10)21-15)20-16-12(17)7-11(19)8-13(16)18/h6-9,20H,2-5H2,1H3. The van der Waals surface area contributed by atoms with Gasteiger partial charge in [0.1, 0.15) is 5.82 Å². The number of thiophene rings is 1. The Hall–Kier alpha value is -0.580. The molecule has 0 saturated carbocycles. The van der Waals surface area contributed by atoms with Gasteiger partial charge in [0.2, 0.25) is 0 Å². The fourth-order valence-electron chi connectivity index (χ4n) is 2.69. The van der Waals surface area contributed by atoms with Gasteiger partial charge in [0.05, 0.1) is 16.8 Å². The number of anilines is 1. The predicted molar refractivity (Wildman–Crippen MR) is 92.1 cm³/mol. The van der Waals surface area contributed by atoms with Crippen molar-refractivity contribution in [2.45, 2.75) is 38.6 Å². The Balaban J connectivity index is 1.83. The van der Waals surface area contributed by atoms with Gasteiger partial charge in [0.15, 0.2) is 0 Å². The molecule has 1 heterocycles. The van der Waals surface area contributed by atoms with Gasteiger partial charge in [-0.2, -0.15) is 0 Å². The van der Waals surface area contributed by atoms with Gasteiger partial charge in [-0.15, -0.1) is 11.3 Å². The molecule has 0 bridgehead atoms. The highest BCUT2D eigenvalue weighted by molar-refractivity contribution is 9.10. The molecule has 112 valence electrons. The summed E-state index contributed by atoms with van der Waals surface area (Å²) in [5.74, 6) is -0.336. The Morgan fingerprint density at radius 2 is 2.05 bits per heavy atom. The Morgan fingerprint density at radius 1 is 1.29 bits per heavy atom. The Bertz CT molecular complexity index is 624. The molecule has 1 unspecified atom stereocenters. The lowest BCUT2D eigenvalue weighted by atomic mass is 9.99. The van der Waals surface area contributed by atoms with Crippen LogP contribution in [0.2, 0.25) is 5.02 Å². The summed E-state index contributed by atoms with van der Waals surface area (Å²) >= 11 is 11.4. The predicted octanol–water partition coefficient (Wildman–Crippen LogP) is 6.36. The number of benzene rings is 1. The average molecular weight is 389 g/mol. The van der Waals surface area contributed by atoms with Crippen LogP contribution in [0.5, 0.6) is 0 Å². The van der Waals surface area contributed by atoms with Gasteiger partial charge in [-0.25, -0.2) is 4.39 Å². The highest BCUT2D eigenvalue weighted by Crippen LogP contribution is 2.37. The van der Waals surface area contributed by atoms with E-state index in [2.05, 4.69) is 34.2 Å². The van der Waals surface area contributed by atoms with E-state index in [0.29, 0.717) is 9.50 Å². The number of aryl methyl sites for hydroxylation is 2. The second-order valence-electron chi connectivity index (χ2n) is 5.41. The van der Waals surface area contributed by atoms with Crippen LogP contribution in [-0.2, 0) is 12.8 Å². The number of nitrogens with one attached hydrogen (secondary N) is 1. The maximum atomic E-state index is 13.3. The molecular formula is C16H16BrClFNS. The zero-order valence-corrected chi connectivity index (χ0v) is 14.8. The minimum Gasteiger partial charge on any atom is -0.376 e. The number of hydrogen-bond acceptors (Lipinski definition) is 2. The number of rotatable bonds is 3. The maximum absolute atomic E-state index is 13.3. The molecule has 5 heteroatoms. The van der Waals surface area contributed by atoms with Crippen molar-refractivity contribution in [2.75, 3.05) is 5.32 Å². The maximum Gasteiger partial charge on any atom is 0.125 e. The van der Waals surface area contributed by atoms with E-state index in [0.717, 1.165) is 5.69 Å². The molecule has 0 spiro atoms. The molecule has 1 atom stereocenters. The minimum absolute atomic E-state index is 0.153. The summed E-state index contributed by atoms with van der Waals surface area (Å²) in [5, 5.41) is 3.79. The summed E-state index contributed by atoms with van der Waals surface area (Å²) in [4.78, 5) is 2.84. The van der Waals surface area contributed by atoms with Crippen molar-refractivity contribution in [2.24, 2.45) is 0 Å². The molecule has 0 aliphatic heterocycles. The quantitative estimate of drug-likeness (QED) is 0.645. The summed E-state index contributed by atoms with van der Waals surface area (Å²) in [6, 6.07) is 5.23.